The maximum absolute atomic E-state index is 6.14. The number of nitrogens with zero attached hydrogens (tertiary/aromatic N) is 1. The van der Waals surface area contributed by atoms with Gasteiger partial charge in [0.2, 0.25) is 0 Å². The minimum absolute atomic E-state index is 0.603. The van der Waals surface area contributed by atoms with Crippen LogP contribution in [0, 0.1) is 0 Å². The van der Waals surface area contributed by atoms with Crippen LogP contribution in [0.5, 0.6) is 0 Å². The molecule has 9 aromatic rings. The number of para-hydroxylation sites is 2. The van der Waals surface area contributed by atoms with Crippen LogP contribution < -0.4 is 4.90 Å². The van der Waals surface area contributed by atoms with Crippen molar-refractivity contribution >= 4 is 60.5 Å². The highest BCUT2D eigenvalue weighted by Crippen LogP contribution is 2.47. The van der Waals surface area contributed by atoms with Crippen molar-refractivity contribution in [3.8, 4) is 22.3 Å². The average Bonchev–Trinajstić information content (AvgIpc) is 3.59. The summed E-state index contributed by atoms with van der Waals surface area (Å²) in [6.45, 7) is 0. The Morgan fingerprint density at radius 3 is 1.96 bits per heavy atom. The molecule has 0 unspecified atom stereocenters. The molecule has 1 aromatic heterocycles. The van der Waals surface area contributed by atoms with Gasteiger partial charge < -0.3 is 9.32 Å². The molecule has 2 nitrogen and oxygen atoms in total. The number of hydrogen-bond acceptors (Lipinski definition) is 2. The molecule has 2 heteroatoms. The van der Waals surface area contributed by atoms with Crippen LogP contribution in [0.15, 0.2) is 174 Å². The second-order valence-corrected chi connectivity index (χ2v) is 14.3. The first-order valence-corrected chi connectivity index (χ1v) is 18.7. The Morgan fingerprint density at radius 2 is 1.08 bits per heavy atom. The summed E-state index contributed by atoms with van der Waals surface area (Å²) in [5, 5.41) is 7.46. The molecule has 0 spiro atoms. The molecule has 250 valence electrons. The molecule has 0 amide bonds. The average molecular weight is 670 g/mol. The van der Waals surface area contributed by atoms with Gasteiger partial charge in [-0.1, -0.05) is 147 Å². The van der Waals surface area contributed by atoms with Crippen molar-refractivity contribution in [1.82, 2.24) is 0 Å². The second kappa shape index (κ2) is 12.9. The van der Waals surface area contributed by atoms with Gasteiger partial charge in [0.05, 0.1) is 11.4 Å². The second-order valence-electron chi connectivity index (χ2n) is 14.3. The molecular weight excluding hydrogens is 631 g/mol. The molecule has 0 bridgehead atoms. The summed E-state index contributed by atoms with van der Waals surface area (Å²) in [5.41, 5.74) is 11.7. The van der Waals surface area contributed by atoms with Crippen LogP contribution in [0.3, 0.4) is 0 Å². The molecule has 1 heterocycles. The predicted molar refractivity (Wildman–Crippen MR) is 220 cm³/mol. The van der Waals surface area contributed by atoms with Gasteiger partial charge in [0.25, 0.3) is 0 Å². The van der Waals surface area contributed by atoms with E-state index in [4.69, 9.17) is 4.42 Å². The van der Waals surface area contributed by atoms with Crippen molar-refractivity contribution < 1.29 is 4.42 Å². The van der Waals surface area contributed by atoms with E-state index in [0.29, 0.717) is 5.92 Å². The molecule has 1 aliphatic rings. The molecule has 10 rings (SSSR count). The fourth-order valence-corrected chi connectivity index (χ4v) is 8.76. The van der Waals surface area contributed by atoms with E-state index in [-0.39, 0.29) is 0 Å². The fraction of sp³-hybridized carbons (Fsp3) is 0.120. The number of anilines is 3. The molecule has 0 aliphatic heterocycles. The summed E-state index contributed by atoms with van der Waals surface area (Å²) < 4.78 is 6.14. The van der Waals surface area contributed by atoms with Gasteiger partial charge in [0.15, 0.2) is 0 Å². The lowest BCUT2D eigenvalue weighted by atomic mass is 9.80. The molecule has 8 aromatic carbocycles. The third-order valence-electron chi connectivity index (χ3n) is 11.3. The largest absolute Gasteiger partial charge is 0.456 e. The summed E-state index contributed by atoms with van der Waals surface area (Å²) in [4.78, 5) is 2.47. The Hall–Kier alpha value is -6.12. The summed E-state index contributed by atoms with van der Waals surface area (Å²) in [7, 11) is 0. The van der Waals surface area contributed by atoms with Gasteiger partial charge in [0.1, 0.15) is 11.2 Å². The van der Waals surface area contributed by atoms with Crippen molar-refractivity contribution in [2.45, 2.75) is 38.0 Å². The number of benzene rings is 8. The lowest BCUT2D eigenvalue weighted by Crippen LogP contribution is -2.12. The molecule has 0 N–H and O–H groups in total. The Bertz CT molecular complexity index is 2720. The van der Waals surface area contributed by atoms with Crippen LogP contribution in [0.1, 0.15) is 43.6 Å². The number of furan rings is 1. The van der Waals surface area contributed by atoms with Gasteiger partial charge in [-0.3, -0.25) is 0 Å². The van der Waals surface area contributed by atoms with Crippen LogP contribution in [0.25, 0.3) is 65.7 Å². The van der Waals surface area contributed by atoms with Crippen LogP contribution in [-0.4, -0.2) is 0 Å². The van der Waals surface area contributed by atoms with Gasteiger partial charge in [-0.15, -0.1) is 0 Å². The first-order chi connectivity index (χ1) is 25.8. The van der Waals surface area contributed by atoms with E-state index in [1.54, 1.807) is 0 Å². The van der Waals surface area contributed by atoms with E-state index < -0.39 is 0 Å². The molecule has 0 atom stereocenters. The number of fused-ring (bicyclic) bond motifs is 5. The molecule has 52 heavy (non-hydrogen) atoms. The van der Waals surface area contributed by atoms with Gasteiger partial charge in [-0.25, -0.2) is 0 Å². The highest BCUT2D eigenvalue weighted by molar-refractivity contribution is 6.07. The standard InChI is InChI=1S/C50H39NO/c1-2-13-36(14-3-1)41-22-10-17-37-18-11-23-44(50(37)41)42-20-6-8-24-47(42)51(46-25-12-16-35-15-4-5-19-40(35)46)39-30-27-34(28-31-39)38-29-32-49-45(33-38)43-21-7-9-26-48(43)52-49/h4-12,15-33,36H,1-3,13-14H2. The Morgan fingerprint density at radius 1 is 0.442 bits per heavy atom. The van der Waals surface area contributed by atoms with Crippen molar-refractivity contribution in [3.63, 3.8) is 0 Å². The summed E-state index contributed by atoms with van der Waals surface area (Å²) >= 11 is 0. The zero-order chi connectivity index (χ0) is 34.4. The van der Waals surface area contributed by atoms with E-state index in [0.717, 1.165) is 33.3 Å². The zero-order valence-corrected chi connectivity index (χ0v) is 29.1. The van der Waals surface area contributed by atoms with E-state index >= 15 is 0 Å². The smallest absolute Gasteiger partial charge is 0.135 e. The molecule has 0 radical (unpaired) electrons. The minimum Gasteiger partial charge on any atom is -0.456 e. The molecule has 1 saturated carbocycles. The Balaban J connectivity index is 1.15. The highest BCUT2D eigenvalue weighted by atomic mass is 16.3. The van der Waals surface area contributed by atoms with Crippen LogP contribution >= 0.6 is 0 Å². The van der Waals surface area contributed by atoms with Crippen molar-refractivity contribution in [3.05, 3.63) is 175 Å². The lowest BCUT2D eigenvalue weighted by molar-refractivity contribution is 0.445. The lowest BCUT2D eigenvalue weighted by Gasteiger charge is -2.30. The SMILES string of the molecule is c1ccc(N(c2ccc(-c3ccc4oc5ccccc5c4c3)cc2)c2cccc3ccccc23)c(-c2cccc3cccc(C4CCCCC4)c23)c1. The highest BCUT2D eigenvalue weighted by Gasteiger charge is 2.23. The van der Waals surface area contributed by atoms with Gasteiger partial charge in [-0.2, -0.15) is 0 Å². The minimum atomic E-state index is 0.603. The predicted octanol–water partition coefficient (Wildman–Crippen LogP) is 14.7. The van der Waals surface area contributed by atoms with E-state index in [2.05, 4.69) is 163 Å². The zero-order valence-electron chi connectivity index (χ0n) is 29.1. The molecule has 0 saturated heterocycles. The quantitative estimate of drug-likeness (QED) is 0.175. The Labute approximate surface area is 304 Å². The van der Waals surface area contributed by atoms with Crippen molar-refractivity contribution in [1.29, 1.82) is 0 Å². The van der Waals surface area contributed by atoms with Crippen molar-refractivity contribution in [2.75, 3.05) is 4.90 Å². The van der Waals surface area contributed by atoms with Crippen LogP contribution in [0.2, 0.25) is 0 Å². The summed E-state index contributed by atoms with van der Waals surface area (Å²) in [6, 6.07) is 62.1. The molecule has 1 fully saturated rings. The fourth-order valence-electron chi connectivity index (χ4n) is 8.76. The maximum Gasteiger partial charge on any atom is 0.135 e. The van der Waals surface area contributed by atoms with Gasteiger partial charge >= 0.3 is 0 Å². The topological polar surface area (TPSA) is 16.4 Å². The normalized spacial score (nSPS) is 13.7. The van der Waals surface area contributed by atoms with Crippen LogP contribution in [0.4, 0.5) is 17.1 Å². The summed E-state index contributed by atoms with van der Waals surface area (Å²) in [5.74, 6) is 0.603. The van der Waals surface area contributed by atoms with Crippen LogP contribution in [-0.2, 0) is 0 Å². The first kappa shape index (κ1) is 30.7. The number of hydrogen-bond donors (Lipinski definition) is 0. The van der Waals surface area contributed by atoms with Crippen molar-refractivity contribution in [2.24, 2.45) is 0 Å². The maximum atomic E-state index is 6.14. The Kier molecular flexibility index (Phi) is 7.61. The third-order valence-corrected chi connectivity index (χ3v) is 11.3. The number of rotatable bonds is 6. The first-order valence-electron chi connectivity index (χ1n) is 18.7. The summed E-state index contributed by atoms with van der Waals surface area (Å²) in [6.07, 6.45) is 6.53. The van der Waals surface area contributed by atoms with Gasteiger partial charge in [-0.05, 0) is 99.6 Å². The van der Waals surface area contributed by atoms with E-state index in [1.165, 1.54) is 87.2 Å². The molecule has 1 aliphatic carbocycles. The third kappa shape index (κ3) is 5.26. The monoisotopic (exact) mass is 669 g/mol. The van der Waals surface area contributed by atoms with Gasteiger partial charge in [0, 0.05) is 27.4 Å². The molecular formula is C50H39NO. The van der Waals surface area contributed by atoms with E-state index in [9.17, 15) is 0 Å². The van der Waals surface area contributed by atoms with E-state index in [1.807, 2.05) is 12.1 Å².